The molecule has 1 saturated heterocycles. The second kappa shape index (κ2) is 6.55. The summed E-state index contributed by atoms with van der Waals surface area (Å²) in [6.07, 6.45) is 1.68. The number of non-ortho nitro benzene ring substituents is 1. The number of nitro groups is 1. The maximum Gasteiger partial charge on any atom is 0.273 e. The van der Waals surface area contributed by atoms with Crippen molar-refractivity contribution in [2.75, 3.05) is 33.3 Å². The zero-order valence-electron chi connectivity index (χ0n) is 11.9. The molecule has 0 amide bonds. The third kappa shape index (κ3) is 3.14. The summed E-state index contributed by atoms with van der Waals surface area (Å²) in [5.41, 5.74) is 0.333. The molecule has 1 heterocycles. The second-order valence-electron chi connectivity index (χ2n) is 4.81. The van der Waals surface area contributed by atoms with Gasteiger partial charge >= 0.3 is 0 Å². The van der Waals surface area contributed by atoms with Gasteiger partial charge in [0.1, 0.15) is 0 Å². The molecule has 0 radical (unpaired) electrons. The lowest BCUT2D eigenvalue weighted by atomic mass is 10.0. The molecule has 0 saturated carbocycles. The molecule has 2 N–H and O–H groups in total. The quantitative estimate of drug-likeness (QED) is 0.485. The number of ether oxygens (including phenoxy) is 1. The Morgan fingerprint density at radius 1 is 1.52 bits per heavy atom. The van der Waals surface area contributed by atoms with Crippen LogP contribution in [0.4, 0.5) is 5.69 Å². The molecule has 0 bridgehead atoms. The monoisotopic (exact) mass is 293 g/mol. The van der Waals surface area contributed by atoms with E-state index in [0.717, 1.165) is 26.2 Å². The maximum absolute atomic E-state index is 11.0. The van der Waals surface area contributed by atoms with Gasteiger partial charge in [0.05, 0.1) is 24.1 Å². The molecule has 114 valence electrons. The first-order valence-corrected chi connectivity index (χ1v) is 6.71. The van der Waals surface area contributed by atoms with Gasteiger partial charge < -0.3 is 15.2 Å². The minimum atomic E-state index is -0.497. The number of nitrogens with zero attached hydrogens (tertiary/aromatic N) is 2. The number of piperazine rings is 1. The van der Waals surface area contributed by atoms with Crippen LogP contribution in [0, 0.1) is 10.1 Å². The minimum Gasteiger partial charge on any atom is -0.504 e. The number of phenolic OH excluding ortho intramolecular Hbond substituents is 1. The molecule has 1 aromatic rings. The van der Waals surface area contributed by atoms with Crippen LogP contribution >= 0.6 is 0 Å². The van der Waals surface area contributed by atoms with E-state index < -0.39 is 4.92 Å². The highest BCUT2D eigenvalue weighted by Gasteiger charge is 2.26. The Labute approximate surface area is 123 Å². The van der Waals surface area contributed by atoms with Gasteiger partial charge in [0.2, 0.25) is 0 Å². The number of phenols is 1. The molecule has 0 aliphatic carbocycles. The summed E-state index contributed by atoms with van der Waals surface area (Å²) in [6.45, 7) is 7.02. The van der Waals surface area contributed by atoms with Gasteiger partial charge in [-0.05, 0) is 0 Å². The highest BCUT2D eigenvalue weighted by Crippen LogP contribution is 2.40. The van der Waals surface area contributed by atoms with E-state index in [2.05, 4.69) is 16.8 Å². The van der Waals surface area contributed by atoms with E-state index in [9.17, 15) is 15.2 Å². The molecular formula is C14H19N3O4. The van der Waals surface area contributed by atoms with E-state index in [4.69, 9.17) is 4.74 Å². The predicted octanol–water partition coefficient (Wildman–Crippen LogP) is 1.44. The van der Waals surface area contributed by atoms with Gasteiger partial charge in [0.15, 0.2) is 11.5 Å². The number of methoxy groups -OCH3 is 1. The molecule has 0 unspecified atom stereocenters. The SMILES string of the molecule is C=C[C@@H](c1cc([N+](=O)[O-])cc(OC)c1O)N1CCNCC1. The Bertz CT molecular complexity index is 541. The van der Waals surface area contributed by atoms with Crippen LogP contribution in [0.15, 0.2) is 24.8 Å². The molecule has 1 aliphatic heterocycles. The first-order chi connectivity index (χ1) is 10.1. The molecule has 0 spiro atoms. The van der Waals surface area contributed by atoms with Crippen LogP contribution in [0.2, 0.25) is 0 Å². The van der Waals surface area contributed by atoms with Crippen LogP contribution in [-0.4, -0.2) is 48.2 Å². The number of hydrogen-bond acceptors (Lipinski definition) is 6. The van der Waals surface area contributed by atoms with E-state index in [1.165, 1.54) is 19.2 Å². The minimum absolute atomic E-state index is 0.0773. The van der Waals surface area contributed by atoms with Crippen LogP contribution in [0.25, 0.3) is 0 Å². The zero-order chi connectivity index (χ0) is 15.4. The summed E-state index contributed by atoms with van der Waals surface area (Å²) < 4.78 is 5.04. The van der Waals surface area contributed by atoms with Gasteiger partial charge in [-0.25, -0.2) is 0 Å². The normalized spacial score (nSPS) is 17.2. The number of nitrogens with one attached hydrogen (secondary N) is 1. The van der Waals surface area contributed by atoms with Crippen LogP contribution in [0.3, 0.4) is 0 Å². The Balaban J connectivity index is 2.45. The maximum atomic E-state index is 11.0. The van der Waals surface area contributed by atoms with Crippen molar-refractivity contribution in [3.63, 3.8) is 0 Å². The summed E-state index contributed by atoms with van der Waals surface area (Å²) in [4.78, 5) is 12.7. The van der Waals surface area contributed by atoms with Crippen molar-refractivity contribution in [3.05, 3.63) is 40.5 Å². The molecular weight excluding hydrogens is 274 g/mol. The van der Waals surface area contributed by atoms with Crippen LogP contribution in [0.1, 0.15) is 11.6 Å². The fraction of sp³-hybridized carbons (Fsp3) is 0.429. The lowest BCUT2D eigenvalue weighted by Crippen LogP contribution is -2.44. The lowest BCUT2D eigenvalue weighted by molar-refractivity contribution is -0.385. The number of hydrogen-bond donors (Lipinski definition) is 2. The highest BCUT2D eigenvalue weighted by atomic mass is 16.6. The summed E-state index contributed by atoms with van der Waals surface area (Å²) >= 11 is 0. The lowest BCUT2D eigenvalue weighted by Gasteiger charge is -2.33. The number of nitro benzene ring substituents is 1. The van der Waals surface area contributed by atoms with Gasteiger partial charge in [-0.3, -0.25) is 15.0 Å². The molecule has 1 aliphatic rings. The number of rotatable bonds is 5. The second-order valence-corrected chi connectivity index (χ2v) is 4.81. The van der Waals surface area contributed by atoms with Crippen LogP contribution < -0.4 is 10.1 Å². The van der Waals surface area contributed by atoms with E-state index >= 15 is 0 Å². The largest absolute Gasteiger partial charge is 0.504 e. The van der Waals surface area contributed by atoms with Gasteiger partial charge in [0, 0.05) is 37.8 Å². The topological polar surface area (TPSA) is 87.9 Å². The molecule has 1 aromatic carbocycles. The van der Waals surface area contributed by atoms with Crippen molar-refractivity contribution in [1.29, 1.82) is 0 Å². The smallest absolute Gasteiger partial charge is 0.273 e. The zero-order valence-corrected chi connectivity index (χ0v) is 11.9. The van der Waals surface area contributed by atoms with E-state index in [1.807, 2.05) is 0 Å². The van der Waals surface area contributed by atoms with Crippen molar-refractivity contribution in [3.8, 4) is 11.5 Å². The standard InChI is InChI=1S/C14H19N3O4/c1-3-12(16-6-4-15-5-7-16)11-8-10(17(19)20)9-13(21-2)14(11)18/h3,8-9,12,15,18H,1,4-7H2,2H3/t12-/m0/s1. The summed E-state index contributed by atoms with van der Waals surface area (Å²) in [6, 6.07) is 2.31. The third-order valence-corrected chi connectivity index (χ3v) is 3.61. The molecule has 2 rings (SSSR count). The fourth-order valence-corrected chi connectivity index (χ4v) is 2.53. The van der Waals surface area contributed by atoms with E-state index in [1.54, 1.807) is 6.08 Å². The van der Waals surface area contributed by atoms with Gasteiger partial charge in [-0.2, -0.15) is 0 Å². The molecule has 1 atom stereocenters. The first-order valence-electron chi connectivity index (χ1n) is 6.71. The van der Waals surface area contributed by atoms with E-state index in [0.29, 0.717) is 5.56 Å². The van der Waals surface area contributed by atoms with Crippen LogP contribution in [-0.2, 0) is 0 Å². The number of benzene rings is 1. The van der Waals surface area contributed by atoms with Crippen molar-refractivity contribution in [1.82, 2.24) is 10.2 Å². The Hall–Kier alpha value is -2.12. The van der Waals surface area contributed by atoms with Gasteiger partial charge in [-0.1, -0.05) is 6.08 Å². The highest BCUT2D eigenvalue weighted by molar-refractivity contribution is 5.55. The Morgan fingerprint density at radius 2 is 2.19 bits per heavy atom. The molecule has 7 nitrogen and oxygen atoms in total. The molecule has 7 heteroatoms. The van der Waals surface area contributed by atoms with Crippen molar-refractivity contribution < 1.29 is 14.8 Å². The molecule has 21 heavy (non-hydrogen) atoms. The summed E-state index contributed by atoms with van der Waals surface area (Å²) in [7, 11) is 1.37. The predicted molar refractivity (Wildman–Crippen MR) is 78.7 cm³/mol. The number of aromatic hydroxyl groups is 1. The first kappa shape index (κ1) is 15.3. The Kier molecular flexibility index (Phi) is 4.77. The summed E-state index contributed by atoms with van der Waals surface area (Å²) in [5.74, 6) is 0.0210. The van der Waals surface area contributed by atoms with Gasteiger partial charge in [-0.15, -0.1) is 6.58 Å². The van der Waals surface area contributed by atoms with Crippen molar-refractivity contribution in [2.45, 2.75) is 6.04 Å². The third-order valence-electron chi connectivity index (χ3n) is 3.61. The van der Waals surface area contributed by atoms with Crippen molar-refractivity contribution in [2.24, 2.45) is 0 Å². The molecule has 1 fully saturated rings. The summed E-state index contributed by atoms with van der Waals surface area (Å²) in [5, 5.41) is 24.6. The average Bonchev–Trinajstić information content (AvgIpc) is 2.50. The average molecular weight is 293 g/mol. The fourth-order valence-electron chi connectivity index (χ4n) is 2.53. The Morgan fingerprint density at radius 3 is 2.71 bits per heavy atom. The molecule has 0 aromatic heterocycles. The van der Waals surface area contributed by atoms with Crippen LogP contribution in [0.5, 0.6) is 11.5 Å². The van der Waals surface area contributed by atoms with E-state index in [-0.39, 0.29) is 23.2 Å². The van der Waals surface area contributed by atoms with Gasteiger partial charge in [0.25, 0.3) is 5.69 Å². The van der Waals surface area contributed by atoms with Crippen molar-refractivity contribution >= 4 is 5.69 Å².